The van der Waals surface area contributed by atoms with E-state index in [1.807, 2.05) is 35.4 Å². The molecule has 4 rings (SSSR count). The number of aryl methyl sites for hydroxylation is 2. The number of hydrogen-bond donors (Lipinski definition) is 0. The van der Waals surface area contributed by atoms with Crippen LogP contribution in [0.2, 0.25) is 0 Å². The third kappa shape index (κ3) is 3.15. The Hall–Kier alpha value is -2.30. The molecule has 0 saturated heterocycles. The molecular formula is C20H24N2O3. The van der Waals surface area contributed by atoms with Gasteiger partial charge in [-0.1, -0.05) is 6.07 Å². The van der Waals surface area contributed by atoms with Gasteiger partial charge in [-0.25, -0.2) is 0 Å². The first-order valence-corrected chi connectivity index (χ1v) is 9.11. The van der Waals surface area contributed by atoms with Gasteiger partial charge < -0.3 is 13.9 Å². The summed E-state index contributed by atoms with van der Waals surface area (Å²) in [6.07, 6.45) is 3.97. The Morgan fingerprint density at radius 3 is 2.64 bits per heavy atom. The molecule has 1 fully saturated rings. The number of carbonyl (C=O) groups is 1. The van der Waals surface area contributed by atoms with Gasteiger partial charge in [0.05, 0.1) is 5.56 Å². The van der Waals surface area contributed by atoms with Crippen LogP contribution in [0.3, 0.4) is 0 Å². The van der Waals surface area contributed by atoms with E-state index in [2.05, 4.69) is 0 Å². The summed E-state index contributed by atoms with van der Waals surface area (Å²) in [5.74, 6) is 2.12. The minimum atomic E-state index is 0.0262. The molecule has 0 radical (unpaired) electrons. The smallest absolute Gasteiger partial charge is 0.257 e. The molecule has 5 heteroatoms. The van der Waals surface area contributed by atoms with Crippen molar-refractivity contribution >= 4 is 5.91 Å². The molecule has 1 amide bonds. The monoisotopic (exact) mass is 340 g/mol. The van der Waals surface area contributed by atoms with E-state index in [-0.39, 0.29) is 11.5 Å². The lowest BCUT2D eigenvalue weighted by molar-refractivity contribution is 0.0761. The zero-order valence-corrected chi connectivity index (χ0v) is 14.9. The fourth-order valence-corrected chi connectivity index (χ4v) is 3.77. The van der Waals surface area contributed by atoms with Crippen LogP contribution in [0.1, 0.15) is 46.0 Å². The lowest BCUT2D eigenvalue weighted by Crippen LogP contribution is -2.33. The van der Waals surface area contributed by atoms with Gasteiger partial charge in [-0.2, -0.15) is 0 Å². The van der Waals surface area contributed by atoms with E-state index >= 15 is 0 Å². The van der Waals surface area contributed by atoms with Crippen LogP contribution in [0, 0.1) is 19.8 Å². The summed E-state index contributed by atoms with van der Waals surface area (Å²) in [5.41, 5.74) is 3.07. The first-order chi connectivity index (χ1) is 12.0. The Labute approximate surface area is 147 Å². The molecule has 0 aromatic carbocycles. The number of fused-ring (bicyclic) bond motifs is 1. The van der Waals surface area contributed by atoms with Crippen LogP contribution >= 0.6 is 0 Å². The Morgan fingerprint density at radius 2 is 1.96 bits per heavy atom. The van der Waals surface area contributed by atoms with E-state index in [9.17, 15) is 9.59 Å². The van der Waals surface area contributed by atoms with Crippen LogP contribution in [0.25, 0.3) is 0 Å². The highest BCUT2D eigenvalue weighted by Crippen LogP contribution is 2.31. The Morgan fingerprint density at radius 1 is 1.20 bits per heavy atom. The van der Waals surface area contributed by atoms with Crippen molar-refractivity contribution in [2.24, 2.45) is 5.92 Å². The summed E-state index contributed by atoms with van der Waals surface area (Å²) in [4.78, 5) is 27.1. The lowest BCUT2D eigenvalue weighted by atomic mass is 10.1. The molecule has 2 aliphatic rings. The maximum absolute atomic E-state index is 12.9. The van der Waals surface area contributed by atoms with Gasteiger partial charge in [0.15, 0.2) is 0 Å². The molecular weight excluding hydrogens is 316 g/mol. The van der Waals surface area contributed by atoms with Crippen molar-refractivity contribution in [3.63, 3.8) is 0 Å². The second kappa shape index (κ2) is 6.21. The average Bonchev–Trinajstić information content (AvgIpc) is 3.36. The molecule has 2 aromatic heterocycles. The Kier molecular flexibility index (Phi) is 4.02. The zero-order valence-electron chi connectivity index (χ0n) is 14.9. The van der Waals surface area contributed by atoms with Crippen molar-refractivity contribution < 1.29 is 9.21 Å². The standard InChI is InChI=1S/C20H24N2O3/c1-13-11-17(14(2)25-13)20(24)21-9-7-16-5-6-19(23)22(12-15-3-4-15)18(16)8-10-21/h5-6,11,15H,3-4,7-10,12H2,1-2H3. The predicted molar refractivity (Wildman–Crippen MR) is 94.9 cm³/mol. The van der Waals surface area contributed by atoms with Gasteiger partial charge in [-0.05, 0) is 50.7 Å². The van der Waals surface area contributed by atoms with E-state index in [0.29, 0.717) is 30.3 Å². The summed E-state index contributed by atoms with van der Waals surface area (Å²) < 4.78 is 7.46. The molecule has 3 heterocycles. The molecule has 0 atom stereocenters. The van der Waals surface area contributed by atoms with Crippen molar-refractivity contribution in [2.45, 2.75) is 46.1 Å². The van der Waals surface area contributed by atoms with Gasteiger partial charge >= 0.3 is 0 Å². The van der Waals surface area contributed by atoms with Gasteiger partial charge in [0, 0.05) is 37.8 Å². The third-order valence-corrected chi connectivity index (χ3v) is 5.36. The molecule has 25 heavy (non-hydrogen) atoms. The minimum Gasteiger partial charge on any atom is -0.466 e. The summed E-state index contributed by atoms with van der Waals surface area (Å²) in [7, 11) is 0. The van der Waals surface area contributed by atoms with Crippen LogP contribution in [-0.4, -0.2) is 28.5 Å². The first-order valence-electron chi connectivity index (χ1n) is 9.11. The van der Waals surface area contributed by atoms with Crippen LogP contribution in [-0.2, 0) is 19.4 Å². The summed E-state index contributed by atoms with van der Waals surface area (Å²) in [6.45, 7) is 5.84. The molecule has 2 aromatic rings. The molecule has 0 spiro atoms. The second-order valence-corrected chi connectivity index (χ2v) is 7.32. The highest BCUT2D eigenvalue weighted by atomic mass is 16.3. The molecule has 132 valence electrons. The van der Waals surface area contributed by atoms with Crippen molar-refractivity contribution in [3.8, 4) is 0 Å². The largest absolute Gasteiger partial charge is 0.466 e. The molecule has 0 bridgehead atoms. The van der Waals surface area contributed by atoms with Crippen LogP contribution in [0.15, 0.2) is 27.4 Å². The van der Waals surface area contributed by atoms with Crippen LogP contribution in [0.5, 0.6) is 0 Å². The molecule has 5 nitrogen and oxygen atoms in total. The summed E-state index contributed by atoms with van der Waals surface area (Å²) in [6, 6.07) is 5.45. The Bertz CT molecular complexity index is 874. The van der Waals surface area contributed by atoms with Crippen molar-refractivity contribution in [2.75, 3.05) is 13.1 Å². The number of pyridine rings is 1. The third-order valence-electron chi connectivity index (χ3n) is 5.36. The molecule has 1 aliphatic heterocycles. The topological polar surface area (TPSA) is 55.5 Å². The van der Waals surface area contributed by atoms with Crippen molar-refractivity contribution in [1.29, 1.82) is 0 Å². The molecule has 0 N–H and O–H groups in total. The predicted octanol–water partition coefficient (Wildman–Crippen LogP) is 2.71. The van der Waals surface area contributed by atoms with Gasteiger partial charge in [0.25, 0.3) is 11.5 Å². The normalized spacial score (nSPS) is 17.3. The van der Waals surface area contributed by atoms with Gasteiger partial charge in [0.2, 0.25) is 0 Å². The lowest BCUT2D eigenvalue weighted by Gasteiger charge is -2.20. The summed E-state index contributed by atoms with van der Waals surface area (Å²) in [5, 5.41) is 0. The fraction of sp³-hybridized carbons (Fsp3) is 0.500. The van der Waals surface area contributed by atoms with Gasteiger partial charge in [-0.3, -0.25) is 9.59 Å². The van der Waals surface area contributed by atoms with E-state index in [1.165, 1.54) is 18.4 Å². The summed E-state index contributed by atoms with van der Waals surface area (Å²) >= 11 is 0. The van der Waals surface area contributed by atoms with E-state index in [1.54, 1.807) is 6.07 Å². The maximum Gasteiger partial charge on any atom is 0.257 e. The number of rotatable bonds is 3. The number of hydrogen-bond acceptors (Lipinski definition) is 3. The number of aromatic nitrogens is 1. The van der Waals surface area contributed by atoms with E-state index in [4.69, 9.17) is 4.42 Å². The van der Waals surface area contributed by atoms with E-state index < -0.39 is 0 Å². The molecule has 0 unspecified atom stereocenters. The average molecular weight is 340 g/mol. The quantitative estimate of drug-likeness (QED) is 0.863. The van der Waals surface area contributed by atoms with Crippen molar-refractivity contribution in [1.82, 2.24) is 9.47 Å². The zero-order chi connectivity index (χ0) is 17.6. The van der Waals surface area contributed by atoms with Gasteiger partial charge in [0.1, 0.15) is 11.5 Å². The highest BCUT2D eigenvalue weighted by molar-refractivity contribution is 5.95. The van der Waals surface area contributed by atoms with Crippen molar-refractivity contribution in [3.05, 3.63) is 56.9 Å². The fourth-order valence-electron chi connectivity index (χ4n) is 3.77. The number of carbonyl (C=O) groups excluding carboxylic acids is 1. The molecule has 1 saturated carbocycles. The SMILES string of the molecule is Cc1cc(C(=O)N2CCc3ccc(=O)n(CC4CC4)c3CC2)c(C)o1. The maximum atomic E-state index is 12.9. The Balaban J connectivity index is 1.58. The number of furan rings is 1. The van der Waals surface area contributed by atoms with E-state index in [0.717, 1.165) is 30.8 Å². The number of amides is 1. The highest BCUT2D eigenvalue weighted by Gasteiger charge is 2.27. The molecule has 1 aliphatic carbocycles. The second-order valence-electron chi connectivity index (χ2n) is 7.32. The van der Waals surface area contributed by atoms with Crippen LogP contribution < -0.4 is 5.56 Å². The number of nitrogens with zero attached hydrogens (tertiary/aromatic N) is 2. The van der Waals surface area contributed by atoms with Gasteiger partial charge in [-0.15, -0.1) is 0 Å². The van der Waals surface area contributed by atoms with Crippen LogP contribution in [0.4, 0.5) is 0 Å². The minimum absolute atomic E-state index is 0.0262. The first kappa shape index (κ1) is 16.2.